The van der Waals surface area contributed by atoms with E-state index in [0.717, 1.165) is 78.7 Å². The molecule has 1 atom stereocenters. The molecule has 0 radical (unpaired) electrons. The van der Waals surface area contributed by atoms with Crippen LogP contribution in [0.1, 0.15) is 43.4 Å². The van der Waals surface area contributed by atoms with Gasteiger partial charge in [-0.1, -0.05) is 0 Å². The fraction of sp³-hybridized carbons (Fsp3) is 0.522. The number of benzene rings is 1. The molecule has 0 spiro atoms. The Bertz CT molecular complexity index is 985. The SMILES string of the molecule is CCOc1ccc2nc(N3CCCC(NCCc4ncc(C)[nH]4)CC3)nc(C)c2c1. The van der Waals surface area contributed by atoms with E-state index in [4.69, 9.17) is 14.7 Å². The van der Waals surface area contributed by atoms with Gasteiger partial charge in [0.2, 0.25) is 5.95 Å². The lowest BCUT2D eigenvalue weighted by Gasteiger charge is -2.21. The molecule has 160 valence electrons. The van der Waals surface area contributed by atoms with Gasteiger partial charge in [0, 0.05) is 49.4 Å². The number of H-pyrrole nitrogens is 1. The van der Waals surface area contributed by atoms with Gasteiger partial charge in [0.25, 0.3) is 0 Å². The first-order valence-electron chi connectivity index (χ1n) is 11.0. The number of nitrogens with one attached hydrogen (secondary N) is 2. The number of nitrogens with zero attached hydrogens (tertiary/aromatic N) is 4. The summed E-state index contributed by atoms with van der Waals surface area (Å²) in [5.41, 5.74) is 3.10. The van der Waals surface area contributed by atoms with E-state index < -0.39 is 0 Å². The summed E-state index contributed by atoms with van der Waals surface area (Å²) in [5, 5.41) is 4.77. The lowest BCUT2D eigenvalue weighted by atomic mass is 10.1. The number of aryl methyl sites for hydroxylation is 2. The number of hydrogen-bond donors (Lipinski definition) is 2. The number of hydrogen-bond acceptors (Lipinski definition) is 6. The molecule has 0 aliphatic carbocycles. The fourth-order valence-electron chi connectivity index (χ4n) is 4.13. The fourth-order valence-corrected chi connectivity index (χ4v) is 4.13. The molecule has 2 N–H and O–H groups in total. The molecule has 3 heterocycles. The Morgan fingerprint density at radius 2 is 2.10 bits per heavy atom. The van der Waals surface area contributed by atoms with E-state index in [9.17, 15) is 0 Å². The molecule has 0 amide bonds. The molecule has 0 bridgehead atoms. The van der Waals surface area contributed by atoms with Gasteiger partial charge < -0.3 is 19.9 Å². The van der Waals surface area contributed by atoms with E-state index in [1.165, 1.54) is 6.42 Å². The highest BCUT2D eigenvalue weighted by Crippen LogP contribution is 2.25. The van der Waals surface area contributed by atoms with Crippen molar-refractivity contribution in [1.82, 2.24) is 25.3 Å². The highest BCUT2D eigenvalue weighted by atomic mass is 16.5. The molecule has 7 nitrogen and oxygen atoms in total. The molecule has 1 aromatic carbocycles. The van der Waals surface area contributed by atoms with E-state index in [1.807, 2.05) is 38.2 Å². The minimum Gasteiger partial charge on any atom is -0.494 e. The number of aromatic nitrogens is 4. The molecular weight excluding hydrogens is 376 g/mol. The predicted octanol–water partition coefficient (Wildman–Crippen LogP) is 3.56. The van der Waals surface area contributed by atoms with E-state index in [2.05, 4.69) is 27.1 Å². The van der Waals surface area contributed by atoms with Gasteiger partial charge in [-0.25, -0.2) is 15.0 Å². The first-order chi connectivity index (χ1) is 14.6. The Morgan fingerprint density at radius 1 is 1.20 bits per heavy atom. The van der Waals surface area contributed by atoms with Gasteiger partial charge >= 0.3 is 0 Å². The van der Waals surface area contributed by atoms with Crippen LogP contribution in [0.3, 0.4) is 0 Å². The Morgan fingerprint density at radius 3 is 2.90 bits per heavy atom. The van der Waals surface area contributed by atoms with Gasteiger partial charge in [0.05, 0.1) is 17.8 Å². The zero-order chi connectivity index (χ0) is 20.9. The molecule has 1 aliphatic heterocycles. The first-order valence-corrected chi connectivity index (χ1v) is 11.0. The Kier molecular flexibility index (Phi) is 6.47. The summed E-state index contributed by atoms with van der Waals surface area (Å²) in [7, 11) is 0. The largest absolute Gasteiger partial charge is 0.494 e. The predicted molar refractivity (Wildman–Crippen MR) is 120 cm³/mol. The third-order valence-electron chi connectivity index (χ3n) is 5.72. The third-order valence-corrected chi connectivity index (χ3v) is 5.72. The molecule has 30 heavy (non-hydrogen) atoms. The molecule has 1 unspecified atom stereocenters. The molecule has 1 fully saturated rings. The second-order valence-electron chi connectivity index (χ2n) is 8.05. The molecule has 1 aliphatic rings. The Balaban J connectivity index is 1.37. The number of anilines is 1. The van der Waals surface area contributed by atoms with Crippen molar-refractivity contribution in [2.75, 3.05) is 31.1 Å². The van der Waals surface area contributed by atoms with Crippen LogP contribution >= 0.6 is 0 Å². The zero-order valence-electron chi connectivity index (χ0n) is 18.2. The minimum absolute atomic E-state index is 0.529. The number of aromatic amines is 1. The van der Waals surface area contributed by atoms with Gasteiger partial charge in [0.15, 0.2) is 0 Å². The summed E-state index contributed by atoms with van der Waals surface area (Å²) in [6.45, 7) is 9.67. The van der Waals surface area contributed by atoms with Gasteiger partial charge in [-0.2, -0.15) is 0 Å². The number of ether oxygens (including phenoxy) is 1. The lowest BCUT2D eigenvalue weighted by molar-refractivity contribution is 0.340. The molecule has 3 aromatic rings. The second kappa shape index (κ2) is 9.43. The highest BCUT2D eigenvalue weighted by Gasteiger charge is 2.19. The van der Waals surface area contributed by atoms with Crippen molar-refractivity contribution in [3.63, 3.8) is 0 Å². The molecule has 1 saturated heterocycles. The van der Waals surface area contributed by atoms with Gasteiger partial charge in [-0.3, -0.25) is 0 Å². The monoisotopic (exact) mass is 408 g/mol. The van der Waals surface area contributed by atoms with E-state index in [0.29, 0.717) is 12.6 Å². The van der Waals surface area contributed by atoms with Gasteiger partial charge in [-0.15, -0.1) is 0 Å². The smallest absolute Gasteiger partial charge is 0.226 e. The average molecular weight is 409 g/mol. The minimum atomic E-state index is 0.529. The van der Waals surface area contributed by atoms with Crippen molar-refractivity contribution in [2.45, 2.75) is 52.5 Å². The van der Waals surface area contributed by atoms with Crippen LogP contribution < -0.4 is 15.0 Å². The van der Waals surface area contributed by atoms with Crippen LogP contribution in [0, 0.1) is 13.8 Å². The number of fused-ring (bicyclic) bond motifs is 1. The Labute approximate surface area is 178 Å². The van der Waals surface area contributed by atoms with E-state index in [-0.39, 0.29) is 0 Å². The zero-order valence-corrected chi connectivity index (χ0v) is 18.2. The highest BCUT2D eigenvalue weighted by molar-refractivity contribution is 5.83. The summed E-state index contributed by atoms with van der Waals surface area (Å²) >= 11 is 0. The van der Waals surface area contributed by atoms with Crippen LogP contribution in [-0.4, -0.2) is 52.2 Å². The summed E-state index contributed by atoms with van der Waals surface area (Å²) in [6, 6.07) is 6.60. The molecular formula is C23H32N6O. The van der Waals surface area contributed by atoms with Crippen molar-refractivity contribution in [3.8, 4) is 5.75 Å². The summed E-state index contributed by atoms with van der Waals surface area (Å²) in [4.78, 5) is 19.7. The standard InChI is InChI=1S/C23H32N6O/c1-4-30-19-7-8-21-20(14-19)17(3)27-23(28-21)29-12-5-6-18(10-13-29)24-11-9-22-25-15-16(2)26-22/h7-8,14-15,18,24H,4-6,9-13H2,1-3H3,(H,25,26). The van der Waals surface area contributed by atoms with Gasteiger partial charge in [0.1, 0.15) is 11.6 Å². The van der Waals surface area contributed by atoms with Crippen molar-refractivity contribution in [3.05, 3.63) is 41.6 Å². The van der Waals surface area contributed by atoms with Crippen LogP contribution in [0.2, 0.25) is 0 Å². The maximum Gasteiger partial charge on any atom is 0.226 e. The van der Waals surface area contributed by atoms with Crippen molar-refractivity contribution >= 4 is 16.9 Å². The lowest BCUT2D eigenvalue weighted by Crippen LogP contribution is -2.33. The summed E-state index contributed by atoms with van der Waals surface area (Å²) in [6.07, 6.45) is 6.24. The van der Waals surface area contributed by atoms with Crippen LogP contribution in [0.5, 0.6) is 5.75 Å². The maximum atomic E-state index is 5.63. The van der Waals surface area contributed by atoms with Crippen LogP contribution in [0.4, 0.5) is 5.95 Å². The molecule has 2 aromatic heterocycles. The van der Waals surface area contributed by atoms with Crippen molar-refractivity contribution in [2.24, 2.45) is 0 Å². The number of rotatable bonds is 7. The Hall–Kier alpha value is -2.67. The van der Waals surface area contributed by atoms with Crippen LogP contribution in [0.25, 0.3) is 10.9 Å². The summed E-state index contributed by atoms with van der Waals surface area (Å²) < 4.78 is 5.63. The normalized spacial score (nSPS) is 17.3. The quantitative estimate of drug-likeness (QED) is 0.622. The first kappa shape index (κ1) is 20.6. The molecule has 7 heteroatoms. The topological polar surface area (TPSA) is 79.0 Å². The van der Waals surface area contributed by atoms with Crippen LogP contribution in [0.15, 0.2) is 24.4 Å². The third kappa shape index (κ3) is 4.90. The molecule has 0 saturated carbocycles. The van der Waals surface area contributed by atoms with Crippen molar-refractivity contribution < 1.29 is 4.74 Å². The van der Waals surface area contributed by atoms with Crippen molar-refractivity contribution in [1.29, 1.82) is 0 Å². The van der Waals surface area contributed by atoms with Crippen LogP contribution in [-0.2, 0) is 6.42 Å². The average Bonchev–Trinajstić information content (AvgIpc) is 3.01. The van der Waals surface area contributed by atoms with E-state index in [1.54, 1.807) is 0 Å². The number of imidazole rings is 1. The molecule has 4 rings (SSSR count). The van der Waals surface area contributed by atoms with E-state index >= 15 is 0 Å². The van der Waals surface area contributed by atoms with Gasteiger partial charge in [-0.05, 0) is 58.2 Å². The second-order valence-corrected chi connectivity index (χ2v) is 8.05. The summed E-state index contributed by atoms with van der Waals surface area (Å²) in [5.74, 6) is 2.77. The maximum absolute atomic E-state index is 5.63.